The Morgan fingerprint density at radius 1 is 1.11 bits per heavy atom. The summed E-state index contributed by atoms with van der Waals surface area (Å²) in [5.74, 6) is 0.0757. The third-order valence-corrected chi connectivity index (χ3v) is 4.80. The Hall–Kier alpha value is -2.92. The molecular formula is C16H13F3N4O3S. The Morgan fingerprint density at radius 3 is 2.41 bits per heavy atom. The van der Waals surface area contributed by atoms with Crippen LogP contribution >= 0.6 is 0 Å². The molecule has 1 aromatic carbocycles. The molecule has 2 heterocycles. The van der Waals surface area contributed by atoms with Crippen LogP contribution in [0.2, 0.25) is 0 Å². The van der Waals surface area contributed by atoms with E-state index < -0.39 is 22.1 Å². The summed E-state index contributed by atoms with van der Waals surface area (Å²) >= 11 is 0. The van der Waals surface area contributed by atoms with Crippen LogP contribution in [0.3, 0.4) is 0 Å². The number of aromatic nitrogens is 3. The highest BCUT2D eigenvalue weighted by molar-refractivity contribution is 7.89. The number of rotatable bonds is 6. The molecule has 0 aliphatic heterocycles. The molecule has 27 heavy (non-hydrogen) atoms. The second-order valence-corrected chi connectivity index (χ2v) is 7.09. The molecule has 0 saturated heterocycles. The maximum Gasteiger partial charge on any atom is 0.573 e. The molecule has 1 N–H and O–H groups in total. The fourth-order valence-electron chi connectivity index (χ4n) is 2.14. The Labute approximate surface area is 152 Å². The first-order valence-electron chi connectivity index (χ1n) is 7.53. The van der Waals surface area contributed by atoms with Crippen LogP contribution in [0.1, 0.15) is 5.56 Å². The molecule has 0 fully saturated rings. The van der Waals surface area contributed by atoms with E-state index in [1.807, 2.05) is 0 Å². The van der Waals surface area contributed by atoms with Crippen molar-refractivity contribution in [2.24, 2.45) is 0 Å². The molecule has 3 aromatic rings. The number of alkyl halides is 3. The fraction of sp³-hybridized carbons (Fsp3) is 0.125. The standard InChI is InChI=1S/C16H13F3N4O3S/c17-16(18,19)26-13-3-5-14(6-4-13)27(24,25)22-11-12-2-7-15(20-10-12)23-9-1-8-21-23/h1-10,22H,11H2. The Kier molecular flexibility index (Phi) is 5.15. The smallest absolute Gasteiger partial charge is 0.406 e. The molecule has 0 saturated carbocycles. The number of benzene rings is 1. The lowest BCUT2D eigenvalue weighted by Crippen LogP contribution is -2.23. The van der Waals surface area contributed by atoms with Crippen molar-refractivity contribution in [2.45, 2.75) is 17.8 Å². The molecule has 0 aliphatic rings. The van der Waals surface area contributed by atoms with Crippen molar-refractivity contribution in [1.82, 2.24) is 19.5 Å². The largest absolute Gasteiger partial charge is 0.573 e. The summed E-state index contributed by atoms with van der Waals surface area (Å²) in [6.07, 6.45) is -0.0145. The fourth-order valence-corrected chi connectivity index (χ4v) is 3.16. The summed E-state index contributed by atoms with van der Waals surface area (Å²) in [6.45, 7) is -0.0322. The van der Waals surface area contributed by atoms with Gasteiger partial charge in [-0.2, -0.15) is 5.10 Å². The molecule has 0 amide bonds. The van der Waals surface area contributed by atoms with Gasteiger partial charge in [-0.15, -0.1) is 13.2 Å². The van der Waals surface area contributed by atoms with Gasteiger partial charge in [-0.25, -0.2) is 22.8 Å². The van der Waals surface area contributed by atoms with Crippen molar-refractivity contribution in [1.29, 1.82) is 0 Å². The van der Waals surface area contributed by atoms with Gasteiger partial charge in [0.2, 0.25) is 10.0 Å². The van der Waals surface area contributed by atoms with E-state index in [-0.39, 0.29) is 11.4 Å². The highest BCUT2D eigenvalue weighted by Gasteiger charge is 2.31. The average molecular weight is 398 g/mol. The van der Waals surface area contributed by atoms with Crippen molar-refractivity contribution < 1.29 is 26.3 Å². The molecule has 0 spiro atoms. The summed E-state index contributed by atoms with van der Waals surface area (Å²) < 4.78 is 68.5. The molecular weight excluding hydrogens is 385 g/mol. The molecule has 11 heteroatoms. The Bertz CT molecular complexity index is 987. The minimum absolute atomic E-state index is 0.0322. The van der Waals surface area contributed by atoms with Crippen LogP contribution < -0.4 is 9.46 Å². The van der Waals surface area contributed by atoms with E-state index in [0.717, 1.165) is 24.3 Å². The normalized spacial score (nSPS) is 12.1. The van der Waals surface area contributed by atoms with Crippen LogP contribution in [0.25, 0.3) is 5.82 Å². The van der Waals surface area contributed by atoms with Gasteiger partial charge in [0.05, 0.1) is 4.90 Å². The van der Waals surface area contributed by atoms with Gasteiger partial charge in [0, 0.05) is 25.1 Å². The van der Waals surface area contributed by atoms with Crippen molar-refractivity contribution in [3.8, 4) is 11.6 Å². The van der Waals surface area contributed by atoms with E-state index in [1.54, 1.807) is 35.3 Å². The van der Waals surface area contributed by atoms with Crippen molar-refractivity contribution >= 4 is 10.0 Å². The summed E-state index contributed by atoms with van der Waals surface area (Å²) in [6, 6.07) is 9.04. The van der Waals surface area contributed by atoms with E-state index >= 15 is 0 Å². The maximum atomic E-state index is 12.2. The summed E-state index contributed by atoms with van der Waals surface area (Å²) in [7, 11) is -3.90. The van der Waals surface area contributed by atoms with Crippen molar-refractivity contribution in [3.63, 3.8) is 0 Å². The van der Waals surface area contributed by atoms with Crippen molar-refractivity contribution in [2.75, 3.05) is 0 Å². The third kappa shape index (κ3) is 5.05. The van der Waals surface area contributed by atoms with E-state index in [1.165, 1.54) is 6.20 Å². The Morgan fingerprint density at radius 2 is 1.85 bits per heavy atom. The lowest BCUT2D eigenvalue weighted by Gasteiger charge is -2.10. The lowest BCUT2D eigenvalue weighted by molar-refractivity contribution is -0.274. The first-order chi connectivity index (χ1) is 12.7. The highest BCUT2D eigenvalue weighted by Crippen LogP contribution is 2.23. The van der Waals surface area contributed by atoms with Crippen LogP contribution in [-0.4, -0.2) is 29.5 Å². The minimum atomic E-state index is -4.84. The van der Waals surface area contributed by atoms with Crippen LogP contribution in [-0.2, 0) is 16.6 Å². The lowest BCUT2D eigenvalue weighted by atomic mass is 10.3. The summed E-state index contributed by atoms with van der Waals surface area (Å²) in [4.78, 5) is 4.00. The second kappa shape index (κ2) is 7.37. The SMILES string of the molecule is O=S(=O)(NCc1ccc(-n2cccn2)nc1)c1ccc(OC(F)(F)F)cc1. The number of halogens is 3. The first-order valence-corrected chi connectivity index (χ1v) is 9.02. The molecule has 142 valence electrons. The number of nitrogens with one attached hydrogen (secondary N) is 1. The molecule has 2 aromatic heterocycles. The quantitative estimate of drug-likeness (QED) is 0.690. The first kappa shape index (κ1) is 18.9. The molecule has 0 aliphatic carbocycles. The van der Waals surface area contributed by atoms with Gasteiger partial charge >= 0.3 is 6.36 Å². The van der Waals surface area contributed by atoms with E-state index in [2.05, 4.69) is 19.5 Å². The van der Waals surface area contributed by atoms with E-state index in [0.29, 0.717) is 11.4 Å². The van der Waals surface area contributed by atoms with Crippen LogP contribution in [0.15, 0.2) is 66.0 Å². The van der Waals surface area contributed by atoms with Crippen LogP contribution in [0, 0.1) is 0 Å². The maximum absolute atomic E-state index is 12.2. The number of hydrogen-bond acceptors (Lipinski definition) is 5. The van der Waals surface area contributed by atoms with Gasteiger partial charge in [0.15, 0.2) is 5.82 Å². The minimum Gasteiger partial charge on any atom is -0.406 e. The molecule has 0 bridgehead atoms. The monoisotopic (exact) mass is 398 g/mol. The van der Waals surface area contributed by atoms with Crippen LogP contribution in [0.5, 0.6) is 5.75 Å². The number of pyridine rings is 1. The average Bonchev–Trinajstić information content (AvgIpc) is 3.14. The molecule has 0 unspecified atom stereocenters. The predicted octanol–water partition coefficient (Wildman–Crippen LogP) is 2.64. The summed E-state index contributed by atoms with van der Waals surface area (Å²) in [5.41, 5.74) is 0.603. The van der Waals surface area contributed by atoms with E-state index in [4.69, 9.17) is 0 Å². The van der Waals surface area contributed by atoms with Gasteiger partial charge in [-0.1, -0.05) is 6.07 Å². The van der Waals surface area contributed by atoms with E-state index in [9.17, 15) is 21.6 Å². The highest BCUT2D eigenvalue weighted by atomic mass is 32.2. The molecule has 3 rings (SSSR count). The topological polar surface area (TPSA) is 86.1 Å². The van der Waals surface area contributed by atoms with Gasteiger partial charge in [0.25, 0.3) is 0 Å². The number of hydrogen-bond donors (Lipinski definition) is 1. The predicted molar refractivity (Wildman–Crippen MR) is 88.5 cm³/mol. The molecule has 0 radical (unpaired) electrons. The Balaban J connectivity index is 1.64. The van der Waals surface area contributed by atoms with Gasteiger partial charge < -0.3 is 4.74 Å². The zero-order valence-electron chi connectivity index (χ0n) is 13.6. The molecule has 7 nitrogen and oxygen atoms in total. The number of sulfonamides is 1. The van der Waals surface area contributed by atoms with Gasteiger partial charge in [-0.3, -0.25) is 0 Å². The molecule has 0 atom stereocenters. The third-order valence-electron chi connectivity index (χ3n) is 3.38. The zero-order chi connectivity index (χ0) is 19.5. The zero-order valence-corrected chi connectivity index (χ0v) is 14.4. The number of ether oxygens (including phenoxy) is 1. The second-order valence-electron chi connectivity index (χ2n) is 5.32. The number of nitrogens with zero attached hydrogens (tertiary/aromatic N) is 3. The van der Waals surface area contributed by atoms with Crippen molar-refractivity contribution in [3.05, 3.63) is 66.6 Å². The van der Waals surface area contributed by atoms with Crippen LogP contribution in [0.4, 0.5) is 13.2 Å². The summed E-state index contributed by atoms with van der Waals surface area (Å²) in [5, 5.41) is 4.03. The van der Waals surface area contributed by atoms with Gasteiger partial charge in [0.1, 0.15) is 5.75 Å². The van der Waals surface area contributed by atoms with Gasteiger partial charge in [-0.05, 0) is 42.0 Å².